The van der Waals surface area contributed by atoms with E-state index in [1.807, 2.05) is 0 Å². The van der Waals surface area contributed by atoms with Gasteiger partial charge in [0.05, 0.1) is 35.6 Å². The van der Waals surface area contributed by atoms with Crippen LogP contribution in [0.5, 0.6) is 0 Å². The third-order valence-electron chi connectivity index (χ3n) is 4.80. The molecule has 0 saturated carbocycles. The minimum absolute atomic E-state index is 0.0130. The van der Waals surface area contributed by atoms with Crippen molar-refractivity contribution in [2.24, 2.45) is 0 Å². The van der Waals surface area contributed by atoms with E-state index >= 15 is 0 Å². The fourth-order valence-electron chi connectivity index (χ4n) is 3.21. The molecule has 31 heavy (non-hydrogen) atoms. The maximum absolute atomic E-state index is 13.3. The van der Waals surface area contributed by atoms with Crippen LogP contribution in [-0.2, 0) is 28.9 Å². The zero-order valence-corrected chi connectivity index (χ0v) is 16.8. The average molecular weight is 434 g/mol. The van der Waals surface area contributed by atoms with E-state index in [2.05, 4.69) is 10.3 Å². The van der Waals surface area contributed by atoms with Gasteiger partial charge in [-0.2, -0.15) is 18.4 Å². The Bertz CT molecular complexity index is 1120. The molecule has 1 saturated heterocycles. The third kappa shape index (κ3) is 3.98. The standard InChI is InChI=1S/C19H17F3N6O3/c1-11(29)8-26-9-13(24-25-26)10-27-17(31)28(16(30)18(27,2)3)14-5-4-12(7-23)15(6-14)19(20,21)22/h4-6,9H,8,10H2,1-3H3. The predicted molar refractivity (Wildman–Crippen MR) is 99.4 cm³/mol. The number of hydrogen-bond donors (Lipinski definition) is 0. The number of ketones is 1. The highest BCUT2D eigenvalue weighted by Gasteiger charge is 2.52. The van der Waals surface area contributed by atoms with Crippen LogP contribution >= 0.6 is 0 Å². The minimum Gasteiger partial charge on any atom is -0.304 e. The SMILES string of the molecule is CC(=O)Cn1cc(CN2C(=O)N(c3ccc(C#N)c(C(F)(F)F)c3)C(=O)C2(C)C)nn1. The fourth-order valence-corrected chi connectivity index (χ4v) is 3.21. The zero-order valence-electron chi connectivity index (χ0n) is 16.8. The molecule has 1 aromatic carbocycles. The van der Waals surface area contributed by atoms with Crippen LogP contribution in [0.2, 0.25) is 0 Å². The van der Waals surface area contributed by atoms with Gasteiger partial charge in [-0.15, -0.1) is 5.10 Å². The number of carbonyl (C=O) groups excluding carboxylic acids is 3. The molecule has 1 aromatic heterocycles. The van der Waals surface area contributed by atoms with Crippen LogP contribution in [0.3, 0.4) is 0 Å². The molecule has 0 spiro atoms. The molecule has 0 radical (unpaired) electrons. The van der Waals surface area contributed by atoms with Crippen LogP contribution in [0.4, 0.5) is 23.7 Å². The molecular formula is C19H17F3N6O3. The van der Waals surface area contributed by atoms with Gasteiger partial charge in [0.2, 0.25) is 0 Å². The summed E-state index contributed by atoms with van der Waals surface area (Å²) in [7, 11) is 0. The molecule has 0 N–H and O–H groups in total. The molecule has 162 valence electrons. The van der Waals surface area contributed by atoms with Crippen molar-refractivity contribution in [1.82, 2.24) is 19.9 Å². The number of aromatic nitrogens is 3. The lowest BCUT2D eigenvalue weighted by atomic mass is 10.0. The Kier molecular flexibility index (Phi) is 5.31. The number of alkyl halides is 3. The van der Waals surface area contributed by atoms with Crippen LogP contribution < -0.4 is 4.90 Å². The lowest BCUT2D eigenvalue weighted by Crippen LogP contribution is -2.43. The second kappa shape index (κ2) is 7.50. The Morgan fingerprint density at radius 2 is 1.94 bits per heavy atom. The monoisotopic (exact) mass is 434 g/mol. The van der Waals surface area contributed by atoms with Gasteiger partial charge in [-0.3, -0.25) is 9.59 Å². The summed E-state index contributed by atoms with van der Waals surface area (Å²) >= 11 is 0. The zero-order chi connectivity index (χ0) is 23.1. The summed E-state index contributed by atoms with van der Waals surface area (Å²) in [5, 5.41) is 16.6. The van der Waals surface area contributed by atoms with Crippen LogP contribution in [0, 0.1) is 11.3 Å². The summed E-state index contributed by atoms with van der Waals surface area (Å²) in [6, 6.07) is 3.26. The number of nitrogens with zero attached hydrogens (tertiary/aromatic N) is 6. The molecule has 3 rings (SSSR count). The van der Waals surface area contributed by atoms with E-state index in [0.29, 0.717) is 16.7 Å². The highest BCUT2D eigenvalue weighted by molar-refractivity contribution is 6.23. The van der Waals surface area contributed by atoms with Crippen LogP contribution in [0.15, 0.2) is 24.4 Å². The summed E-state index contributed by atoms with van der Waals surface area (Å²) < 4.78 is 41.2. The maximum Gasteiger partial charge on any atom is 0.417 e. The molecule has 9 nitrogen and oxygen atoms in total. The predicted octanol–water partition coefficient (Wildman–Crippen LogP) is 2.50. The molecule has 3 amide bonds. The number of benzene rings is 1. The lowest BCUT2D eigenvalue weighted by Gasteiger charge is -2.26. The van der Waals surface area contributed by atoms with E-state index in [1.165, 1.54) is 37.7 Å². The summed E-state index contributed by atoms with van der Waals surface area (Å²) in [6.45, 7) is 4.14. The van der Waals surface area contributed by atoms with Gasteiger partial charge in [0.25, 0.3) is 5.91 Å². The number of halogens is 3. The van der Waals surface area contributed by atoms with Crippen LogP contribution in [0.1, 0.15) is 37.6 Å². The second-order valence-electron chi connectivity index (χ2n) is 7.52. The van der Waals surface area contributed by atoms with Gasteiger partial charge in [0.1, 0.15) is 17.8 Å². The van der Waals surface area contributed by atoms with Crippen molar-refractivity contribution in [3.05, 3.63) is 41.2 Å². The first-order valence-electron chi connectivity index (χ1n) is 9.02. The van der Waals surface area contributed by atoms with Gasteiger partial charge in [0, 0.05) is 0 Å². The molecule has 0 bridgehead atoms. The van der Waals surface area contributed by atoms with E-state index in [0.717, 1.165) is 17.0 Å². The Balaban J connectivity index is 1.95. The number of amides is 3. The van der Waals surface area contributed by atoms with E-state index in [4.69, 9.17) is 5.26 Å². The topological polar surface area (TPSA) is 112 Å². The number of urea groups is 1. The van der Waals surface area contributed by atoms with Crippen molar-refractivity contribution in [2.45, 2.75) is 45.6 Å². The average Bonchev–Trinajstić information content (AvgIpc) is 3.17. The van der Waals surface area contributed by atoms with E-state index < -0.39 is 34.8 Å². The molecule has 1 aliphatic rings. The number of Topliss-reactive ketones (excluding diaryl/α,β-unsaturated/α-hetero) is 1. The quantitative estimate of drug-likeness (QED) is 0.669. The molecule has 0 aliphatic carbocycles. The molecular weight excluding hydrogens is 417 g/mol. The molecule has 0 unspecified atom stereocenters. The fraction of sp³-hybridized carbons (Fsp3) is 0.368. The third-order valence-corrected chi connectivity index (χ3v) is 4.80. The van der Waals surface area contributed by atoms with E-state index in [-0.39, 0.29) is 24.6 Å². The van der Waals surface area contributed by atoms with Gasteiger partial charge in [0.15, 0.2) is 5.78 Å². The Hall–Kier alpha value is -3.75. The second-order valence-corrected chi connectivity index (χ2v) is 7.52. The Morgan fingerprint density at radius 3 is 2.52 bits per heavy atom. The number of anilines is 1. The van der Waals surface area contributed by atoms with E-state index in [1.54, 1.807) is 0 Å². The minimum atomic E-state index is -4.84. The largest absolute Gasteiger partial charge is 0.417 e. The van der Waals surface area contributed by atoms with Gasteiger partial charge in [-0.1, -0.05) is 5.21 Å². The van der Waals surface area contributed by atoms with Gasteiger partial charge < -0.3 is 4.90 Å². The molecule has 2 heterocycles. The number of hydrogen-bond acceptors (Lipinski definition) is 6. The summed E-state index contributed by atoms with van der Waals surface area (Å²) in [5.41, 5.74) is -3.23. The first-order chi connectivity index (χ1) is 14.4. The van der Waals surface area contributed by atoms with Crippen molar-refractivity contribution < 1.29 is 27.6 Å². The highest BCUT2D eigenvalue weighted by Crippen LogP contribution is 2.38. The maximum atomic E-state index is 13.3. The lowest BCUT2D eigenvalue weighted by molar-refractivity contribution is -0.137. The van der Waals surface area contributed by atoms with Crippen molar-refractivity contribution in [1.29, 1.82) is 5.26 Å². The molecule has 2 aromatic rings. The Labute approximate surface area is 174 Å². The summed E-state index contributed by atoms with van der Waals surface area (Å²) in [4.78, 5) is 39.0. The first kappa shape index (κ1) is 21.9. The molecule has 1 aliphatic heterocycles. The number of imide groups is 1. The van der Waals surface area contributed by atoms with Crippen LogP contribution in [-0.4, -0.2) is 43.2 Å². The normalized spacial score (nSPS) is 16.0. The number of rotatable bonds is 5. The van der Waals surface area contributed by atoms with Gasteiger partial charge in [-0.05, 0) is 39.0 Å². The van der Waals surface area contributed by atoms with E-state index in [9.17, 15) is 27.6 Å². The molecule has 1 fully saturated rings. The van der Waals surface area contributed by atoms with Crippen molar-refractivity contribution in [3.8, 4) is 6.07 Å². The first-order valence-corrected chi connectivity index (χ1v) is 9.02. The van der Waals surface area contributed by atoms with Crippen molar-refractivity contribution in [2.75, 3.05) is 4.90 Å². The summed E-state index contributed by atoms with van der Waals surface area (Å²) in [6.07, 6.45) is -3.39. The number of carbonyl (C=O) groups is 3. The van der Waals surface area contributed by atoms with Gasteiger partial charge in [-0.25, -0.2) is 14.4 Å². The van der Waals surface area contributed by atoms with Gasteiger partial charge >= 0.3 is 12.2 Å². The smallest absolute Gasteiger partial charge is 0.304 e. The molecule has 0 atom stereocenters. The van der Waals surface area contributed by atoms with Crippen LogP contribution in [0.25, 0.3) is 0 Å². The highest BCUT2D eigenvalue weighted by atomic mass is 19.4. The number of nitriles is 1. The van der Waals surface area contributed by atoms with Crippen molar-refractivity contribution >= 4 is 23.4 Å². The molecule has 12 heteroatoms. The van der Waals surface area contributed by atoms with Crippen molar-refractivity contribution in [3.63, 3.8) is 0 Å². The Morgan fingerprint density at radius 1 is 1.26 bits per heavy atom. The summed E-state index contributed by atoms with van der Waals surface area (Å²) in [5.74, 6) is -0.886.